The van der Waals surface area contributed by atoms with Crippen LogP contribution in [-0.4, -0.2) is 15.0 Å². The van der Waals surface area contributed by atoms with E-state index in [0.29, 0.717) is 5.92 Å². The summed E-state index contributed by atoms with van der Waals surface area (Å²) in [5.41, 5.74) is 2.07. The van der Waals surface area contributed by atoms with E-state index in [4.69, 9.17) is 0 Å². The van der Waals surface area contributed by atoms with Gasteiger partial charge in [-0.25, -0.2) is 9.97 Å². The summed E-state index contributed by atoms with van der Waals surface area (Å²) in [5.74, 6) is 1.53. The quantitative estimate of drug-likeness (QED) is 0.764. The van der Waals surface area contributed by atoms with Gasteiger partial charge in [0.15, 0.2) is 0 Å². The predicted octanol–water partition coefficient (Wildman–Crippen LogP) is 3.89. The van der Waals surface area contributed by atoms with Crippen LogP contribution >= 0.6 is 11.3 Å². The van der Waals surface area contributed by atoms with E-state index >= 15 is 0 Å². The highest BCUT2D eigenvalue weighted by Crippen LogP contribution is 2.43. The van der Waals surface area contributed by atoms with Crippen molar-refractivity contribution in [3.63, 3.8) is 0 Å². The molecule has 4 rings (SSSR count). The van der Waals surface area contributed by atoms with Gasteiger partial charge in [0.1, 0.15) is 5.01 Å². The highest BCUT2D eigenvalue weighted by atomic mass is 32.1. The Kier molecular flexibility index (Phi) is 2.73. The summed E-state index contributed by atoms with van der Waals surface area (Å²) in [7, 11) is 0. The van der Waals surface area contributed by atoms with Crippen molar-refractivity contribution < 1.29 is 0 Å². The Hall–Kier alpha value is -1.88. The van der Waals surface area contributed by atoms with Gasteiger partial charge in [-0.2, -0.15) is 0 Å². The van der Waals surface area contributed by atoms with Gasteiger partial charge in [-0.15, -0.1) is 11.3 Å². The summed E-state index contributed by atoms with van der Waals surface area (Å²) in [6, 6.07) is 8.39. The summed E-state index contributed by atoms with van der Waals surface area (Å²) in [5, 5.41) is 4.71. The molecule has 0 amide bonds. The summed E-state index contributed by atoms with van der Waals surface area (Å²) >= 11 is 1.78. The minimum absolute atomic E-state index is 0.286. The monoisotopic (exact) mass is 284 g/mol. The van der Waals surface area contributed by atoms with E-state index in [2.05, 4.69) is 27.2 Å². The van der Waals surface area contributed by atoms with Gasteiger partial charge in [0, 0.05) is 11.1 Å². The number of anilines is 1. The number of thiazole rings is 1. The van der Waals surface area contributed by atoms with E-state index in [1.54, 1.807) is 11.3 Å². The highest BCUT2D eigenvalue weighted by Gasteiger charge is 2.34. The van der Waals surface area contributed by atoms with Crippen LogP contribution in [0.25, 0.3) is 11.0 Å². The lowest BCUT2D eigenvalue weighted by Crippen LogP contribution is -2.13. The molecule has 2 aromatic heterocycles. The Bertz CT molecular complexity index is 708. The van der Waals surface area contributed by atoms with E-state index < -0.39 is 0 Å². The topological polar surface area (TPSA) is 53.6 Å². The summed E-state index contributed by atoms with van der Waals surface area (Å²) < 4.78 is 0. The smallest absolute Gasteiger partial charge is 0.201 e. The van der Waals surface area contributed by atoms with Crippen molar-refractivity contribution in [2.24, 2.45) is 5.92 Å². The molecule has 2 heterocycles. The van der Waals surface area contributed by atoms with Gasteiger partial charge in [-0.1, -0.05) is 12.1 Å². The molecule has 3 aromatic rings. The maximum Gasteiger partial charge on any atom is 0.201 e. The van der Waals surface area contributed by atoms with Gasteiger partial charge in [0.25, 0.3) is 0 Å². The number of aromatic amines is 1. The van der Waals surface area contributed by atoms with Crippen LogP contribution in [0, 0.1) is 12.8 Å². The first-order chi connectivity index (χ1) is 9.79. The van der Waals surface area contributed by atoms with Crippen LogP contribution in [0.2, 0.25) is 0 Å². The number of imidazole rings is 1. The Morgan fingerprint density at radius 2 is 2.20 bits per heavy atom. The largest absolute Gasteiger partial charge is 0.346 e. The molecule has 1 saturated carbocycles. The zero-order valence-electron chi connectivity index (χ0n) is 11.3. The Morgan fingerprint density at radius 3 is 2.90 bits per heavy atom. The normalized spacial score (nSPS) is 16.4. The first-order valence-corrected chi connectivity index (χ1v) is 7.75. The molecule has 0 radical (unpaired) electrons. The van der Waals surface area contributed by atoms with Crippen molar-refractivity contribution >= 4 is 28.3 Å². The maximum atomic E-state index is 4.61. The standard InChI is InChI=1S/C15H16N4S/c1-9-8-16-14(20-9)13(10-6-7-10)19-15-17-11-4-2-3-5-12(11)18-15/h2-5,8,10,13H,6-7H2,1H3,(H2,17,18,19). The van der Waals surface area contributed by atoms with Crippen molar-refractivity contribution in [2.75, 3.05) is 5.32 Å². The van der Waals surface area contributed by atoms with Crippen LogP contribution in [0.5, 0.6) is 0 Å². The number of hydrogen-bond acceptors (Lipinski definition) is 4. The third-order valence-corrected chi connectivity index (χ3v) is 4.68. The van der Waals surface area contributed by atoms with Gasteiger partial charge in [0.2, 0.25) is 5.95 Å². The molecule has 1 fully saturated rings. The molecule has 0 saturated heterocycles. The molecule has 0 spiro atoms. The third-order valence-electron chi connectivity index (χ3n) is 3.68. The van der Waals surface area contributed by atoms with Crippen molar-refractivity contribution in [3.8, 4) is 0 Å². The molecular formula is C15H16N4S. The summed E-state index contributed by atoms with van der Waals surface area (Å²) in [4.78, 5) is 13.7. The fourth-order valence-electron chi connectivity index (χ4n) is 2.50. The number of H-pyrrole nitrogens is 1. The highest BCUT2D eigenvalue weighted by molar-refractivity contribution is 7.11. The fourth-order valence-corrected chi connectivity index (χ4v) is 3.41. The maximum absolute atomic E-state index is 4.61. The van der Waals surface area contributed by atoms with Crippen molar-refractivity contribution in [3.05, 3.63) is 40.3 Å². The molecule has 0 bridgehead atoms. The zero-order chi connectivity index (χ0) is 13.5. The van der Waals surface area contributed by atoms with Crippen LogP contribution in [0.4, 0.5) is 5.95 Å². The molecule has 1 atom stereocenters. The number of rotatable bonds is 4. The number of aryl methyl sites for hydroxylation is 1. The molecule has 2 N–H and O–H groups in total. The number of nitrogens with one attached hydrogen (secondary N) is 2. The molecule has 1 aliphatic carbocycles. The fraction of sp³-hybridized carbons (Fsp3) is 0.333. The van der Waals surface area contributed by atoms with E-state index in [1.807, 2.05) is 30.5 Å². The first kappa shape index (κ1) is 11.9. The second-order valence-corrected chi connectivity index (χ2v) is 6.64. The number of para-hydroxylation sites is 2. The number of benzene rings is 1. The minimum atomic E-state index is 0.286. The molecule has 102 valence electrons. The average molecular weight is 284 g/mol. The summed E-state index contributed by atoms with van der Waals surface area (Å²) in [6.45, 7) is 2.10. The molecular weight excluding hydrogens is 268 g/mol. The molecule has 20 heavy (non-hydrogen) atoms. The van der Waals surface area contributed by atoms with E-state index in [0.717, 1.165) is 17.0 Å². The Labute approximate surface area is 121 Å². The summed E-state index contributed by atoms with van der Waals surface area (Å²) in [6.07, 6.45) is 4.50. The number of hydrogen-bond donors (Lipinski definition) is 2. The Balaban J connectivity index is 1.64. The van der Waals surface area contributed by atoms with Gasteiger partial charge in [0.05, 0.1) is 17.1 Å². The molecule has 5 heteroatoms. The lowest BCUT2D eigenvalue weighted by molar-refractivity contribution is 0.668. The molecule has 1 aliphatic rings. The van der Waals surface area contributed by atoms with Crippen molar-refractivity contribution in [1.82, 2.24) is 15.0 Å². The molecule has 1 aromatic carbocycles. The zero-order valence-corrected chi connectivity index (χ0v) is 12.1. The molecule has 1 unspecified atom stereocenters. The number of aromatic nitrogens is 3. The Morgan fingerprint density at radius 1 is 1.35 bits per heavy atom. The van der Waals surface area contributed by atoms with Crippen LogP contribution in [0.3, 0.4) is 0 Å². The van der Waals surface area contributed by atoms with Crippen LogP contribution in [0.1, 0.15) is 28.8 Å². The molecule has 4 nitrogen and oxygen atoms in total. The number of nitrogens with zero attached hydrogens (tertiary/aromatic N) is 2. The third kappa shape index (κ3) is 2.18. The van der Waals surface area contributed by atoms with Crippen LogP contribution in [0.15, 0.2) is 30.5 Å². The van der Waals surface area contributed by atoms with E-state index in [-0.39, 0.29) is 6.04 Å². The van der Waals surface area contributed by atoms with Crippen molar-refractivity contribution in [1.29, 1.82) is 0 Å². The van der Waals surface area contributed by atoms with Gasteiger partial charge in [-0.3, -0.25) is 0 Å². The second kappa shape index (κ2) is 4.59. The average Bonchev–Trinajstić information content (AvgIpc) is 3.06. The lowest BCUT2D eigenvalue weighted by Gasteiger charge is -2.14. The van der Waals surface area contributed by atoms with Gasteiger partial charge >= 0.3 is 0 Å². The first-order valence-electron chi connectivity index (χ1n) is 6.93. The number of fused-ring (bicyclic) bond motifs is 1. The SMILES string of the molecule is Cc1cnc(C(Nc2nc3ccccc3[nH]2)C2CC2)s1. The lowest BCUT2D eigenvalue weighted by atomic mass is 10.2. The van der Waals surface area contributed by atoms with Gasteiger partial charge < -0.3 is 10.3 Å². The van der Waals surface area contributed by atoms with Crippen LogP contribution in [-0.2, 0) is 0 Å². The van der Waals surface area contributed by atoms with E-state index in [1.165, 1.54) is 22.7 Å². The van der Waals surface area contributed by atoms with Crippen LogP contribution < -0.4 is 5.32 Å². The van der Waals surface area contributed by atoms with Crippen molar-refractivity contribution in [2.45, 2.75) is 25.8 Å². The minimum Gasteiger partial charge on any atom is -0.346 e. The second-order valence-electron chi connectivity index (χ2n) is 5.37. The molecule has 0 aliphatic heterocycles. The predicted molar refractivity (Wildman–Crippen MR) is 82.0 cm³/mol. The van der Waals surface area contributed by atoms with Gasteiger partial charge in [-0.05, 0) is 37.8 Å². The van der Waals surface area contributed by atoms with E-state index in [9.17, 15) is 0 Å².